The average molecular weight is 587 g/mol. The van der Waals surface area contributed by atoms with Crippen molar-refractivity contribution in [2.45, 2.75) is 84.0 Å². The molecule has 1 saturated carbocycles. The normalized spacial score (nSPS) is 29.4. The highest BCUT2D eigenvalue weighted by Gasteiger charge is 2.37. The minimum Gasteiger partial charge on any atom is -0.487 e. The summed E-state index contributed by atoms with van der Waals surface area (Å²) in [5.41, 5.74) is 3.53. The smallest absolute Gasteiger partial charge is 0.264 e. The number of sulfonamides is 1. The van der Waals surface area contributed by atoms with Crippen molar-refractivity contribution in [2.24, 2.45) is 23.7 Å². The first-order valence-corrected chi connectivity index (χ1v) is 16.9. The number of anilines is 1. The number of aryl methyl sites for hydroxylation is 1. The maximum Gasteiger partial charge on any atom is 0.264 e. The fourth-order valence-corrected chi connectivity index (χ4v) is 8.24. The fraction of sp³-hybridized carbons (Fsp3) is 0.594. The van der Waals surface area contributed by atoms with Crippen molar-refractivity contribution in [2.75, 3.05) is 18.0 Å². The van der Waals surface area contributed by atoms with Crippen molar-refractivity contribution < 1.29 is 17.9 Å². The second-order valence-electron chi connectivity index (χ2n) is 12.4. The van der Waals surface area contributed by atoms with E-state index in [4.69, 9.17) is 16.3 Å². The molecular weight excluding hydrogens is 544 g/mol. The topological polar surface area (TPSA) is 75.7 Å². The highest BCUT2D eigenvalue weighted by atomic mass is 35.5. The standard InChI is InChI=1S/C32H43ClN2O4S/c1-21-7-6-8-22(2)29-14-11-26(29)19-35-16-5-4-9-24-17-28(33)13-10-27(24)20-39-31-15-12-25(18-30(31)35)32(36)34-40(37,38)23(21)3/h10,12-13,15,17-18,21-23,26,29H,4-9,11,14,16,19-20H2,1-3H3,(H,34,36)/t21-,22+,23+,26-,29-/m0/s1. The Bertz CT molecular complexity index is 1330. The zero-order valence-electron chi connectivity index (χ0n) is 24.0. The highest BCUT2D eigenvalue weighted by Crippen LogP contribution is 2.44. The SMILES string of the molecule is C[C@@H]1CCC[C@H](C)[C@@H](C)S(=O)(=O)NC(=O)c2ccc3c(c2)N(CCCCc2cc(Cl)ccc2CO3)C[C@@H]2CC[C@H]21. The molecular formula is C32H43ClN2O4S. The number of carbonyl (C=O) groups excluding carboxylic acids is 1. The molecule has 1 aliphatic carbocycles. The molecule has 6 nitrogen and oxygen atoms in total. The summed E-state index contributed by atoms with van der Waals surface area (Å²) in [5.74, 6) is 1.98. The molecule has 0 spiro atoms. The number of hydrogen-bond acceptors (Lipinski definition) is 5. The molecule has 0 saturated heterocycles. The molecule has 1 amide bonds. The van der Waals surface area contributed by atoms with Gasteiger partial charge in [0, 0.05) is 23.7 Å². The number of benzene rings is 2. The van der Waals surface area contributed by atoms with E-state index in [-0.39, 0.29) is 5.92 Å². The van der Waals surface area contributed by atoms with E-state index in [0.29, 0.717) is 35.7 Å². The first kappa shape index (κ1) is 29.2. The van der Waals surface area contributed by atoms with Crippen LogP contribution in [-0.2, 0) is 23.1 Å². The number of rotatable bonds is 0. The zero-order valence-corrected chi connectivity index (χ0v) is 25.6. The van der Waals surface area contributed by atoms with Crippen molar-refractivity contribution in [3.05, 3.63) is 58.1 Å². The summed E-state index contributed by atoms with van der Waals surface area (Å²) in [4.78, 5) is 15.7. The fourth-order valence-electron chi connectivity index (χ4n) is 6.73. The molecule has 0 radical (unpaired) electrons. The maximum absolute atomic E-state index is 13.3. The molecule has 218 valence electrons. The van der Waals surface area contributed by atoms with Crippen molar-refractivity contribution in [1.29, 1.82) is 0 Å². The Balaban J connectivity index is 1.52. The van der Waals surface area contributed by atoms with Gasteiger partial charge < -0.3 is 9.64 Å². The molecule has 1 fully saturated rings. The average Bonchev–Trinajstić information content (AvgIpc) is 2.92. The van der Waals surface area contributed by atoms with Crippen LogP contribution in [0, 0.1) is 23.7 Å². The van der Waals surface area contributed by atoms with E-state index in [1.54, 1.807) is 13.0 Å². The van der Waals surface area contributed by atoms with Crippen LogP contribution in [0.2, 0.25) is 5.02 Å². The van der Waals surface area contributed by atoms with Gasteiger partial charge in [-0.15, -0.1) is 0 Å². The van der Waals surface area contributed by atoms with Crippen LogP contribution in [0.5, 0.6) is 5.75 Å². The Morgan fingerprint density at radius 2 is 1.73 bits per heavy atom. The number of nitrogens with zero attached hydrogens (tertiary/aromatic N) is 1. The minimum atomic E-state index is -3.81. The Hall–Kier alpha value is -2.25. The number of carbonyl (C=O) groups is 1. The third kappa shape index (κ3) is 6.46. The molecule has 2 heterocycles. The van der Waals surface area contributed by atoms with Gasteiger partial charge in [-0.05, 0) is 111 Å². The predicted molar refractivity (Wildman–Crippen MR) is 162 cm³/mol. The Labute approximate surface area is 244 Å². The molecule has 3 aliphatic rings. The lowest BCUT2D eigenvalue weighted by Gasteiger charge is -2.44. The molecule has 1 N–H and O–H groups in total. The first-order valence-electron chi connectivity index (χ1n) is 15.0. The van der Waals surface area contributed by atoms with Gasteiger partial charge in [0.05, 0.1) is 10.9 Å². The summed E-state index contributed by atoms with van der Waals surface area (Å²) in [5, 5.41) is 0.0870. The van der Waals surface area contributed by atoms with Gasteiger partial charge in [0.25, 0.3) is 5.91 Å². The van der Waals surface area contributed by atoms with E-state index in [2.05, 4.69) is 16.5 Å². The summed E-state index contributed by atoms with van der Waals surface area (Å²) in [6, 6.07) is 11.3. The summed E-state index contributed by atoms with van der Waals surface area (Å²) >= 11 is 6.32. The van der Waals surface area contributed by atoms with Gasteiger partial charge in [-0.3, -0.25) is 4.79 Å². The van der Waals surface area contributed by atoms with Crippen LogP contribution >= 0.6 is 11.6 Å². The van der Waals surface area contributed by atoms with Crippen molar-refractivity contribution in [3.63, 3.8) is 0 Å². The third-order valence-corrected chi connectivity index (χ3v) is 11.9. The number of hydrogen-bond donors (Lipinski definition) is 1. The van der Waals surface area contributed by atoms with Crippen LogP contribution < -0.4 is 14.4 Å². The third-order valence-electron chi connectivity index (χ3n) is 9.74. The van der Waals surface area contributed by atoms with Crippen molar-refractivity contribution >= 4 is 33.2 Å². The van der Waals surface area contributed by atoms with Gasteiger partial charge in [0.1, 0.15) is 12.4 Å². The quantitative estimate of drug-likeness (QED) is 0.360. The summed E-state index contributed by atoms with van der Waals surface area (Å²) in [6.07, 6.45) is 8.39. The number of fused-ring (bicyclic) bond motifs is 3. The van der Waals surface area contributed by atoms with Crippen LogP contribution in [-0.4, -0.2) is 32.7 Å². The van der Waals surface area contributed by atoms with E-state index in [1.165, 1.54) is 18.4 Å². The summed E-state index contributed by atoms with van der Waals surface area (Å²) in [7, 11) is -3.81. The van der Waals surface area contributed by atoms with Gasteiger partial charge >= 0.3 is 0 Å². The molecule has 0 aromatic heterocycles. The minimum absolute atomic E-state index is 0.0309. The molecule has 2 aromatic carbocycles. The van der Waals surface area contributed by atoms with E-state index in [9.17, 15) is 13.2 Å². The Morgan fingerprint density at radius 3 is 2.50 bits per heavy atom. The number of nitrogens with one attached hydrogen (secondary N) is 1. The lowest BCUT2D eigenvalue weighted by Crippen LogP contribution is -2.42. The molecule has 40 heavy (non-hydrogen) atoms. The van der Waals surface area contributed by atoms with Crippen LogP contribution in [0.15, 0.2) is 36.4 Å². The lowest BCUT2D eigenvalue weighted by molar-refractivity contribution is 0.0980. The molecule has 0 unspecified atom stereocenters. The molecule has 2 bridgehead atoms. The lowest BCUT2D eigenvalue weighted by atomic mass is 9.66. The van der Waals surface area contributed by atoms with Crippen LogP contribution in [0.1, 0.15) is 87.2 Å². The molecule has 8 heteroatoms. The number of amides is 1. The summed E-state index contributed by atoms with van der Waals surface area (Å²) < 4.78 is 35.1. The van der Waals surface area contributed by atoms with E-state index in [0.717, 1.165) is 67.9 Å². The van der Waals surface area contributed by atoms with Gasteiger partial charge in [0.2, 0.25) is 10.0 Å². The molecule has 5 rings (SSSR count). The van der Waals surface area contributed by atoms with Gasteiger partial charge in [-0.2, -0.15) is 0 Å². The van der Waals surface area contributed by atoms with Gasteiger partial charge in [-0.25, -0.2) is 13.1 Å². The molecule has 2 aliphatic heterocycles. The second-order valence-corrected chi connectivity index (χ2v) is 14.8. The Morgan fingerprint density at radius 1 is 0.925 bits per heavy atom. The van der Waals surface area contributed by atoms with Crippen LogP contribution in [0.3, 0.4) is 0 Å². The van der Waals surface area contributed by atoms with Crippen molar-refractivity contribution in [3.8, 4) is 5.75 Å². The highest BCUT2D eigenvalue weighted by molar-refractivity contribution is 7.90. The molecule has 5 atom stereocenters. The van der Waals surface area contributed by atoms with E-state index < -0.39 is 21.2 Å². The number of ether oxygens (including phenoxy) is 1. The largest absolute Gasteiger partial charge is 0.487 e. The molecule has 2 aromatic rings. The van der Waals surface area contributed by atoms with Gasteiger partial charge in [0.15, 0.2) is 0 Å². The van der Waals surface area contributed by atoms with Gasteiger partial charge in [-0.1, -0.05) is 44.4 Å². The van der Waals surface area contributed by atoms with Crippen molar-refractivity contribution in [1.82, 2.24) is 4.72 Å². The summed E-state index contributed by atoms with van der Waals surface area (Å²) in [6.45, 7) is 8.24. The van der Waals surface area contributed by atoms with Crippen LogP contribution in [0.25, 0.3) is 0 Å². The monoisotopic (exact) mass is 586 g/mol. The zero-order chi connectivity index (χ0) is 28.4. The first-order chi connectivity index (χ1) is 19.1. The van der Waals surface area contributed by atoms with E-state index in [1.807, 2.05) is 37.3 Å². The van der Waals surface area contributed by atoms with E-state index >= 15 is 0 Å². The number of halogens is 1. The Kier molecular flexibility index (Phi) is 9.01. The second kappa shape index (κ2) is 12.3. The van der Waals surface area contributed by atoms with Crippen LogP contribution in [0.4, 0.5) is 5.69 Å². The maximum atomic E-state index is 13.3. The predicted octanol–water partition coefficient (Wildman–Crippen LogP) is 6.99.